The van der Waals surface area contributed by atoms with Gasteiger partial charge in [0.05, 0.1) is 11.6 Å². The molecule has 0 atom stereocenters. The van der Waals surface area contributed by atoms with Crippen LogP contribution in [-0.2, 0) is 19.5 Å². The molecule has 0 saturated heterocycles. The topological polar surface area (TPSA) is 79.8 Å². The van der Waals surface area contributed by atoms with Crippen LogP contribution in [0, 0.1) is 11.6 Å². The van der Waals surface area contributed by atoms with Gasteiger partial charge in [-0.25, -0.2) is 8.78 Å². The third-order valence-corrected chi connectivity index (χ3v) is 6.37. The number of nitrogens with zero attached hydrogens (tertiary/aromatic N) is 2. The molecule has 37 heavy (non-hydrogen) atoms. The molecule has 2 N–H and O–H groups in total. The summed E-state index contributed by atoms with van der Waals surface area (Å²) in [6.45, 7) is 0.112. The van der Waals surface area contributed by atoms with Crippen molar-refractivity contribution in [2.45, 2.75) is 19.5 Å². The highest BCUT2D eigenvalue weighted by Gasteiger charge is 2.13. The lowest BCUT2D eigenvalue weighted by Crippen LogP contribution is -2.23. The Labute approximate surface area is 215 Å². The summed E-state index contributed by atoms with van der Waals surface area (Å²) in [6, 6.07) is 15.7. The van der Waals surface area contributed by atoms with E-state index < -0.39 is 17.5 Å². The van der Waals surface area contributed by atoms with Gasteiger partial charge in [-0.05, 0) is 42.0 Å². The summed E-state index contributed by atoms with van der Waals surface area (Å²) < 4.78 is 30.6. The van der Waals surface area contributed by atoms with Crippen LogP contribution in [0.3, 0.4) is 0 Å². The van der Waals surface area contributed by atoms with E-state index in [0.29, 0.717) is 50.3 Å². The highest BCUT2D eigenvalue weighted by molar-refractivity contribution is 6.35. The molecule has 3 heterocycles. The van der Waals surface area contributed by atoms with Gasteiger partial charge < -0.3 is 14.9 Å². The number of halogens is 3. The van der Waals surface area contributed by atoms with E-state index in [-0.39, 0.29) is 18.6 Å². The van der Waals surface area contributed by atoms with Gasteiger partial charge in [0, 0.05) is 70.9 Å². The maximum Gasteiger partial charge on any atom is 0.251 e. The number of pyridine rings is 2. The molecule has 0 unspecified atom stereocenters. The van der Waals surface area contributed by atoms with Gasteiger partial charge in [-0.3, -0.25) is 14.6 Å². The first-order valence-electron chi connectivity index (χ1n) is 11.5. The lowest BCUT2D eigenvalue weighted by atomic mass is 10.0. The van der Waals surface area contributed by atoms with Crippen LogP contribution in [0.4, 0.5) is 8.78 Å². The number of hydrogen-bond donors (Lipinski definition) is 2. The van der Waals surface area contributed by atoms with Crippen LogP contribution in [0.2, 0.25) is 5.02 Å². The first-order valence-corrected chi connectivity index (χ1v) is 11.9. The Balaban J connectivity index is 1.26. The third-order valence-electron chi connectivity index (χ3n) is 6.06. The van der Waals surface area contributed by atoms with Gasteiger partial charge >= 0.3 is 0 Å². The lowest BCUT2D eigenvalue weighted by Gasteiger charge is -2.10. The molecular formula is C28H21ClF2N4O2. The van der Waals surface area contributed by atoms with Crippen molar-refractivity contribution in [2.75, 3.05) is 0 Å². The fraction of sp³-hybridized carbons (Fsp3) is 0.107. The average molecular weight is 519 g/mol. The maximum atomic E-state index is 14.7. The van der Waals surface area contributed by atoms with Crippen molar-refractivity contribution >= 4 is 28.4 Å². The SMILES string of the molecule is O=C(NCc1cc2c(Cl)c[nH]c2cc1F)c1ccnc(Cc2ccc(Cn3ccccc3=O)c(F)c2)c1. The summed E-state index contributed by atoms with van der Waals surface area (Å²) in [6.07, 6.45) is 5.00. The number of H-pyrrole nitrogens is 1. The first-order chi connectivity index (χ1) is 17.9. The number of fused-ring (bicyclic) bond motifs is 1. The van der Waals surface area contributed by atoms with Crippen LogP contribution in [0.1, 0.15) is 32.7 Å². The average Bonchev–Trinajstić information content (AvgIpc) is 3.24. The predicted octanol–water partition coefficient (Wildman–Crippen LogP) is 5.23. The number of carbonyl (C=O) groups is 1. The van der Waals surface area contributed by atoms with Crippen LogP contribution >= 0.6 is 11.6 Å². The fourth-order valence-corrected chi connectivity index (χ4v) is 4.31. The molecule has 0 saturated carbocycles. The number of aromatic nitrogens is 3. The first kappa shape index (κ1) is 24.4. The van der Waals surface area contributed by atoms with E-state index in [0.717, 1.165) is 0 Å². The molecule has 0 aliphatic heterocycles. The minimum atomic E-state index is -0.454. The Hall–Kier alpha value is -4.30. The van der Waals surface area contributed by atoms with Crippen molar-refractivity contribution in [3.05, 3.63) is 134 Å². The molecule has 5 aromatic rings. The molecular weight excluding hydrogens is 498 g/mol. The van der Waals surface area contributed by atoms with Crippen molar-refractivity contribution in [2.24, 2.45) is 0 Å². The lowest BCUT2D eigenvalue weighted by molar-refractivity contribution is 0.0950. The van der Waals surface area contributed by atoms with Crippen LogP contribution in [-0.4, -0.2) is 20.4 Å². The minimum absolute atomic E-state index is 0.0169. The number of aromatic amines is 1. The van der Waals surface area contributed by atoms with Gasteiger partial charge in [0.15, 0.2) is 0 Å². The van der Waals surface area contributed by atoms with E-state index in [1.165, 1.54) is 29.0 Å². The molecule has 0 bridgehead atoms. The van der Waals surface area contributed by atoms with Crippen LogP contribution in [0.25, 0.3) is 10.9 Å². The van der Waals surface area contributed by atoms with E-state index in [4.69, 9.17) is 11.6 Å². The summed E-state index contributed by atoms with van der Waals surface area (Å²) >= 11 is 6.12. The second-order valence-corrected chi connectivity index (χ2v) is 9.02. The summed E-state index contributed by atoms with van der Waals surface area (Å²) in [7, 11) is 0. The maximum absolute atomic E-state index is 14.7. The van der Waals surface area contributed by atoms with E-state index in [1.807, 2.05) is 0 Å². The van der Waals surface area contributed by atoms with Crippen LogP contribution < -0.4 is 10.9 Å². The van der Waals surface area contributed by atoms with E-state index in [9.17, 15) is 18.4 Å². The van der Waals surface area contributed by atoms with Crippen LogP contribution in [0.5, 0.6) is 0 Å². The molecule has 5 rings (SSSR count). The fourth-order valence-electron chi connectivity index (χ4n) is 4.10. The molecule has 0 aliphatic carbocycles. The smallest absolute Gasteiger partial charge is 0.251 e. The third kappa shape index (κ3) is 5.44. The normalized spacial score (nSPS) is 11.1. The van der Waals surface area contributed by atoms with Crippen molar-refractivity contribution in [3.63, 3.8) is 0 Å². The molecule has 6 nitrogen and oxygen atoms in total. The van der Waals surface area contributed by atoms with Crippen molar-refractivity contribution in [1.29, 1.82) is 0 Å². The quantitative estimate of drug-likeness (QED) is 0.310. The molecule has 0 aliphatic rings. The Kier molecular flexibility index (Phi) is 6.83. The second kappa shape index (κ2) is 10.4. The second-order valence-electron chi connectivity index (χ2n) is 8.61. The number of amides is 1. The van der Waals surface area contributed by atoms with Gasteiger partial charge in [-0.2, -0.15) is 0 Å². The molecule has 186 valence electrons. The molecule has 0 fully saturated rings. The standard InChI is InChI=1S/C28H21ClF2N4O2/c29-23-15-33-26-13-25(31)20(12-22(23)26)14-34-28(37)18-6-7-32-21(11-18)9-17-4-5-19(24(30)10-17)16-35-8-2-1-3-27(35)36/h1-8,10-13,15,33H,9,14,16H2,(H,34,37). The number of nitrogens with one attached hydrogen (secondary N) is 2. The molecule has 0 radical (unpaired) electrons. The highest BCUT2D eigenvalue weighted by atomic mass is 35.5. The highest BCUT2D eigenvalue weighted by Crippen LogP contribution is 2.26. The largest absolute Gasteiger partial charge is 0.360 e. The van der Waals surface area contributed by atoms with Gasteiger partial charge in [0.2, 0.25) is 0 Å². The molecule has 9 heteroatoms. The Morgan fingerprint density at radius 1 is 1.03 bits per heavy atom. The Morgan fingerprint density at radius 2 is 1.86 bits per heavy atom. The zero-order valence-corrected chi connectivity index (χ0v) is 20.2. The van der Waals surface area contributed by atoms with Crippen molar-refractivity contribution < 1.29 is 13.6 Å². The van der Waals surface area contributed by atoms with Crippen LogP contribution in [0.15, 0.2) is 84.0 Å². The Morgan fingerprint density at radius 3 is 2.68 bits per heavy atom. The minimum Gasteiger partial charge on any atom is -0.360 e. The number of rotatable bonds is 7. The van der Waals surface area contributed by atoms with E-state index >= 15 is 0 Å². The summed E-state index contributed by atoms with van der Waals surface area (Å²) in [5.74, 6) is -1.27. The summed E-state index contributed by atoms with van der Waals surface area (Å²) in [4.78, 5) is 31.8. The van der Waals surface area contributed by atoms with Crippen molar-refractivity contribution in [1.82, 2.24) is 19.9 Å². The molecule has 0 spiro atoms. The summed E-state index contributed by atoms with van der Waals surface area (Å²) in [5, 5.41) is 3.87. The van der Waals surface area contributed by atoms with Crippen molar-refractivity contribution in [3.8, 4) is 0 Å². The van der Waals surface area contributed by atoms with Gasteiger partial charge in [0.1, 0.15) is 11.6 Å². The van der Waals surface area contributed by atoms with E-state index in [2.05, 4.69) is 15.3 Å². The van der Waals surface area contributed by atoms with E-state index in [1.54, 1.807) is 54.9 Å². The number of benzene rings is 2. The summed E-state index contributed by atoms with van der Waals surface area (Å²) in [5.41, 5.74) is 2.68. The number of carbonyl (C=O) groups excluding carboxylic acids is 1. The van der Waals surface area contributed by atoms with Gasteiger partial charge in [-0.1, -0.05) is 29.8 Å². The zero-order valence-electron chi connectivity index (χ0n) is 19.5. The molecule has 1 amide bonds. The zero-order chi connectivity index (χ0) is 25.9. The molecule has 3 aromatic heterocycles. The molecule has 2 aromatic carbocycles. The van der Waals surface area contributed by atoms with Gasteiger partial charge in [0.25, 0.3) is 11.5 Å². The van der Waals surface area contributed by atoms with Gasteiger partial charge in [-0.15, -0.1) is 0 Å². The number of hydrogen-bond acceptors (Lipinski definition) is 3. The monoisotopic (exact) mass is 518 g/mol. The predicted molar refractivity (Wildman–Crippen MR) is 138 cm³/mol. The Bertz CT molecular complexity index is 1680.